The van der Waals surface area contributed by atoms with Gasteiger partial charge >= 0.3 is 11.9 Å². The molecule has 0 heterocycles. The molecule has 0 rings (SSSR count). The van der Waals surface area contributed by atoms with Gasteiger partial charge in [-0.25, -0.2) is 0 Å². The lowest BCUT2D eigenvalue weighted by Crippen LogP contribution is -2.44. The molecule has 0 amide bonds. The fourth-order valence-corrected chi connectivity index (χ4v) is 11.0. The van der Waals surface area contributed by atoms with Gasteiger partial charge in [0.1, 0.15) is 13.2 Å². The molecular formula is C85H147NO8. The molecule has 0 aliphatic rings. The number of unbranched alkanes of at least 4 members (excludes halogenated alkanes) is 37. The molecule has 2 atom stereocenters. The maximum atomic E-state index is 13.0. The second kappa shape index (κ2) is 74.5. The number of likely N-dealkylation sites (N-methyl/N-ethyl adjacent to an activating group) is 1. The zero-order chi connectivity index (χ0) is 68.2. The van der Waals surface area contributed by atoms with Crippen molar-refractivity contribution in [2.75, 3.05) is 47.5 Å². The van der Waals surface area contributed by atoms with Crippen molar-refractivity contribution in [1.82, 2.24) is 0 Å². The van der Waals surface area contributed by atoms with Gasteiger partial charge in [-0.3, -0.25) is 9.59 Å². The summed E-state index contributed by atoms with van der Waals surface area (Å²) in [6.45, 7) is 4.65. The van der Waals surface area contributed by atoms with Crippen molar-refractivity contribution < 1.29 is 42.9 Å². The first-order chi connectivity index (χ1) is 46.1. The molecule has 0 fully saturated rings. The van der Waals surface area contributed by atoms with Crippen molar-refractivity contribution in [1.29, 1.82) is 0 Å². The average molecular weight is 1310 g/mol. The fourth-order valence-electron chi connectivity index (χ4n) is 11.0. The number of allylic oxidation sites excluding steroid dienone is 20. The summed E-state index contributed by atoms with van der Waals surface area (Å²) in [6, 6.07) is 0. The molecule has 0 saturated carbocycles. The number of esters is 2. The number of hydrogen-bond donors (Lipinski definition) is 0. The highest BCUT2D eigenvalue weighted by molar-refractivity contribution is 5.70. The molecule has 0 aromatic rings. The Hall–Kier alpha value is -4.31. The number of carboxylic acids is 1. The van der Waals surface area contributed by atoms with Gasteiger partial charge in [-0.05, 0) is 89.9 Å². The van der Waals surface area contributed by atoms with E-state index in [0.717, 1.165) is 122 Å². The molecule has 2 unspecified atom stereocenters. The van der Waals surface area contributed by atoms with Crippen LogP contribution in [0.25, 0.3) is 0 Å². The summed E-state index contributed by atoms with van der Waals surface area (Å²) < 4.78 is 22.8. The molecule has 0 spiro atoms. The van der Waals surface area contributed by atoms with Crippen molar-refractivity contribution in [2.24, 2.45) is 0 Å². The van der Waals surface area contributed by atoms with E-state index >= 15 is 0 Å². The van der Waals surface area contributed by atoms with E-state index in [1.807, 2.05) is 21.1 Å². The molecular weight excluding hydrogens is 1160 g/mol. The van der Waals surface area contributed by atoms with Gasteiger partial charge in [-0.1, -0.05) is 360 Å². The van der Waals surface area contributed by atoms with Crippen LogP contribution >= 0.6 is 0 Å². The van der Waals surface area contributed by atoms with Crippen LogP contribution < -0.4 is 5.11 Å². The van der Waals surface area contributed by atoms with Gasteiger partial charge in [-0.15, -0.1) is 0 Å². The molecule has 9 nitrogen and oxygen atoms in total. The maximum absolute atomic E-state index is 13.0. The first kappa shape index (κ1) is 89.7. The minimum atomic E-state index is -1.63. The molecule has 0 saturated heterocycles. The van der Waals surface area contributed by atoms with E-state index in [0.29, 0.717) is 17.4 Å². The van der Waals surface area contributed by atoms with E-state index in [-0.39, 0.29) is 38.6 Å². The monoisotopic (exact) mass is 1310 g/mol. The molecule has 9 heteroatoms. The second-order valence-corrected chi connectivity index (χ2v) is 27.3. The standard InChI is InChI=1S/C85H147NO8/c1-6-8-10-12-14-16-18-20-22-24-26-28-30-32-34-36-38-40-41-42-43-44-46-48-50-52-54-56-58-60-62-64-66-68-70-72-74-76-83(88)94-81(80-93-85(84(89)90)91-78-77-86(3,4)5)79-92-82(87)75-73-71-69-67-65-63-61-59-57-55-53-51-49-47-45-39-37-35-33-31-29-27-25-23-21-19-17-15-13-11-9-7-2/h8,10,14,16,20,22,26,28,32,34,38,40,42-43,46,48,52,54,58,60,81,85H,6-7,9,11-13,15,17-19,21,23-25,27,29-31,33,35-37,39,41,44-45,47,49-51,53,55-57,59,61-80H2,1-5H3/b10-8-,16-14-,22-20-,28-26-,34-32-,40-38-,43-42-,48-46-,54-52-,60-58-. The highest BCUT2D eigenvalue weighted by Gasteiger charge is 2.22. The summed E-state index contributed by atoms with van der Waals surface area (Å²) in [6.07, 6.45) is 103. The third kappa shape index (κ3) is 75.1. The van der Waals surface area contributed by atoms with Crippen LogP contribution in [-0.4, -0.2) is 82.3 Å². The van der Waals surface area contributed by atoms with Crippen molar-refractivity contribution in [2.45, 2.75) is 354 Å². The lowest BCUT2D eigenvalue weighted by Gasteiger charge is -2.26. The number of hydrogen-bond acceptors (Lipinski definition) is 8. The van der Waals surface area contributed by atoms with Gasteiger partial charge in [0.15, 0.2) is 12.4 Å². The first-order valence-corrected chi connectivity index (χ1v) is 39.2. The Balaban J connectivity index is 4.12. The van der Waals surface area contributed by atoms with Crippen LogP contribution in [-0.2, 0) is 33.3 Å². The van der Waals surface area contributed by atoms with Crippen molar-refractivity contribution in [3.05, 3.63) is 122 Å². The molecule has 0 bridgehead atoms. The van der Waals surface area contributed by atoms with Crippen LogP contribution in [0.5, 0.6) is 0 Å². The number of aliphatic carboxylic acids is 1. The molecule has 94 heavy (non-hydrogen) atoms. The Morgan fingerprint density at radius 3 is 0.904 bits per heavy atom. The van der Waals surface area contributed by atoms with Crippen LogP contribution in [0.4, 0.5) is 0 Å². The lowest BCUT2D eigenvalue weighted by molar-refractivity contribution is -0.870. The van der Waals surface area contributed by atoms with Crippen LogP contribution in [0.15, 0.2) is 122 Å². The smallest absolute Gasteiger partial charge is 0.306 e. The predicted molar refractivity (Wildman–Crippen MR) is 403 cm³/mol. The highest BCUT2D eigenvalue weighted by Crippen LogP contribution is 2.19. The zero-order valence-electron chi connectivity index (χ0n) is 61.8. The summed E-state index contributed by atoms with van der Waals surface area (Å²) in [5, 5.41) is 11.9. The number of nitrogens with zero attached hydrogens (tertiary/aromatic N) is 1. The Labute approximate surface area is 580 Å². The molecule has 0 aliphatic carbocycles. The Morgan fingerprint density at radius 2 is 0.606 bits per heavy atom. The van der Waals surface area contributed by atoms with E-state index in [4.69, 9.17) is 18.9 Å². The molecule has 0 N–H and O–H groups in total. The minimum absolute atomic E-state index is 0.140. The topological polar surface area (TPSA) is 111 Å². The number of rotatable bonds is 72. The van der Waals surface area contributed by atoms with Gasteiger partial charge < -0.3 is 33.3 Å². The third-order valence-electron chi connectivity index (χ3n) is 17.0. The molecule has 0 radical (unpaired) electrons. The second-order valence-electron chi connectivity index (χ2n) is 27.3. The van der Waals surface area contributed by atoms with Gasteiger partial charge in [0.25, 0.3) is 0 Å². The van der Waals surface area contributed by atoms with Gasteiger partial charge in [0.05, 0.1) is 40.3 Å². The number of carbonyl (C=O) groups excluding carboxylic acids is 3. The van der Waals surface area contributed by atoms with Crippen LogP contribution in [0.2, 0.25) is 0 Å². The molecule has 0 aromatic carbocycles. The summed E-state index contributed by atoms with van der Waals surface area (Å²) in [5.41, 5.74) is 0. The summed E-state index contributed by atoms with van der Waals surface area (Å²) >= 11 is 0. The SMILES string of the molecule is CC/C=C\C/C=C\C/C=C\C/C=C\C/C=C\C/C=C\C/C=C\C/C=C\C/C=C\C/C=C\CCCCCCCCC(=O)OC(COC(=O)CCCCCCCCCCCCCCCCCCCCCCCCCCCCCCCCCC)COC(OCC[N+](C)(C)C)C(=O)[O-]. The quantitative estimate of drug-likeness (QED) is 0.0195. The summed E-state index contributed by atoms with van der Waals surface area (Å²) in [5.74, 6) is -2.30. The number of carbonyl (C=O) groups is 3. The van der Waals surface area contributed by atoms with Gasteiger partial charge in [0, 0.05) is 12.8 Å². The van der Waals surface area contributed by atoms with E-state index in [9.17, 15) is 19.5 Å². The number of ether oxygens (including phenoxy) is 4. The third-order valence-corrected chi connectivity index (χ3v) is 17.0. The zero-order valence-corrected chi connectivity index (χ0v) is 61.8. The molecule has 540 valence electrons. The van der Waals surface area contributed by atoms with Gasteiger partial charge in [-0.2, -0.15) is 0 Å². The van der Waals surface area contributed by atoms with Crippen molar-refractivity contribution in [3.63, 3.8) is 0 Å². The molecule has 0 aromatic heterocycles. The Kier molecular flexibility index (Phi) is 71.1. The van der Waals surface area contributed by atoms with Crippen LogP contribution in [0.3, 0.4) is 0 Å². The summed E-state index contributed by atoms with van der Waals surface area (Å²) in [4.78, 5) is 37.6. The lowest BCUT2D eigenvalue weighted by atomic mass is 10.0. The van der Waals surface area contributed by atoms with Crippen LogP contribution in [0.1, 0.15) is 341 Å². The Bertz CT molecular complexity index is 1960. The number of carboxylic acid groups (broad SMARTS) is 1. The Morgan fingerprint density at radius 1 is 0.330 bits per heavy atom. The van der Waals surface area contributed by atoms with Crippen molar-refractivity contribution >= 4 is 17.9 Å². The van der Waals surface area contributed by atoms with Crippen molar-refractivity contribution in [3.8, 4) is 0 Å². The summed E-state index contributed by atoms with van der Waals surface area (Å²) in [7, 11) is 5.93. The fraction of sp³-hybridized carbons (Fsp3) is 0.729. The largest absolute Gasteiger partial charge is 0.545 e. The minimum Gasteiger partial charge on any atom is -0.545 e. The van der Waals surface area contributed by atoms with Gasteiger partial charge in [0.2, 0.25) is 0 Å². The molecule has 0 aliphatic heterocycles. The first-order valence-electron chi connectivity index (χ1n) is 39.2. The van der Waals surface area contributed by atoms with E-state index in [1.54, 1.807) is 0 Å². The van der Waals surface area contributed by atoms with Crippen LogP contribution in [0, 0.1) is 0 Å². The predicted octanol–water partition coefficient (Wildman–Crippen LogP) is 23.8. The highest BCUT2D eigenvalue weighted by atomic mass is 16.7. The van der Waals surface area contributed by atoms with E-state index < -0.39 is 24.3 Å². The van der Waals surface area contributed by atoms with E-state index in [1.165, 1.54) is 186 Å². The maximum Gasteiger partial charge on any atom is 0.306 e. The normalized spacial score (nSPS) is 13.3. The average Bonchev–Trinajstić information content (AvgIpc) is 3.75. The van der Waals surface area contributed by atoms with E-state index in [2.05, 4.69) is 135 Å². The number of quaternary nitrogens is 1.